The van der Waals surface area contributed by atoms with Gasteiger partial charge in [-0.2, -0.15) is 0 Å². The quantitative estimate of drug-likeness (QED) is 0.741. The Morgan fingerprint density at radius 2 is 2.36 bits per heavy atom. The van der Waals surface area contributed by atoms with E-state index in [0.29, 0.717) is 35.7 Å². The molecule has 0 saturated heterocycles. The minimum atomic E-state index is -0.373. The summed E-state index contributed by atoms with van der Waals surface area (Å²) in [5.41, 5.74) is 7.09. The molecule has 3 atom stereocenters. The van der Waals surface area contributed by atoms with Crippen LogP contribution >= 0.6 is 11.8 Å². The summed E-state index contributed by atoms with van der Waals surface area (Å²) in [6.45, 7) is 0. The maximum absolute atomic E-state index is 14.1. The first-order chi connectivity index (χ1) is 10.5. The van der Waals surface area contributed by atoms with Crippen LogP contribution < -0.4 is 11.1 Å². The molecule has 1 aliphatic heterocycles. The van der Waals surface area contributed by atoms with Crippen molar-refractivity contribution in [3.63, 3.8) is 0 Å². The topological polar surface area (TPSA) is 87.7 Å². The Labute approximate surface area is 132 Å². The van der Waals surface area contributed by atoms with E-state index < -0.39 is 0 Å². The number of nitrogens with zero attached hydrogens (tertiary/aromatic N) is 1. The van der Waals surface area contributed by atoms with Gasteiger partial charge in [-0.25, -0.2) is 4.39 Å². The zero-order chi connectivity index (χ0) is 15.7. The number of hydrogen-bond acceptors (Lipinski definition) is 5. The van der Waals surface area contributed by atoms with E-state index in [0.717, 1.165) is 12.8 Å². The van der Waals surface area contributed by atoms with Gasteiger partial charge in [0.2, 0.25) is 6.41 Å². The molecular weight excluding hydrogens is 305 g/mol. The van der Waals surface area contributed by atoms with Gasteiger partial charge >= 0.3 is 0 Å². The summed E-state index contributed by atoms with van der Waals surface area (Å²) in [5.74, 6) is 0.731. The normalized spacial score (nSPS) is 31.1. The Morgan fingerprint density at radius 3 is 3.00 bits per heavy atom. The summed E-state index contributed by atoms with van der Waals surface area (Å²) in [5, 5.41) is 12.3. The summed E-state index contributed by atoms with van der Waals surface area (Å²) in [6.07, 6.45) is 2.35. The summed E-state index contributed by atoms with van der Waals surface area (Å²) >= 11 is 1.64. The number of aliphatic imine (C=N–C) groups is 1. The number of nitrogens with two attached hydrogens (primary N) is 1. The van der Waals surface area contributed by atoms with Gasteiger partial charge < -0.3 is 16.2 Å². The lowest BCUT2D eigenvalue weighted by molar-refractivity contribution is -0.105. The fourth-order valence-corrected chi connectivity index (χ4v) is 4.60. The van der Waals surface area contributed by atoms with Crippen LogP contribution in [0.2, 0.25) is 0 Å². The number of carbonyl (C=O) groups excluding carboxylic acids is 1. The lowest BCUT2D eigenvalue weighted by Crippen LogP contribution is -2.43. The number of benzene rings is 1. The number of amidine groups is 1. The minimum Gasteiger partial charge on any atom is -0.393 e. The maximum atomic E-state index is 14.1. The van der Waals surface area contributed by atoms with Crippen molar-refractivity contribution in [2.75, 3.05) is 11.1 Å². The van der Waals surface area contributed by atoms with E-state index in [9.17, 15) is 14.3 Å². The molecule has 22 heavy (non-hydrogen) atoms. The zero-order valence-electron chi connectivity index (χ0n) is 12.0. The van der Waals surface area contributed by atoms with Crippen molar-refractivity contribution in [1.82, 2.24) is 0 Å². The van der Waals surface area contributed by atoms with Crippen molar-refractivity contribution in [1.29, 1.82) is 0 Å². The van der Waals surface area contributed by atoms with Crippen molar-refractivity contribution in [2.45, 2.75) is 36.2 Å². The Balaban J connectivity index is 1.88. The van der Waals surface area contributed by atoms with Gasteiger partial charge in [0.1, 0.15) is 11.7 Å². The van der Waals surface area contributed by atoms with Crippen LogP contribution in [0, 0.1) is 5.82 Å². The average Bonchev–Trinajstić information content (AvgIpc) is 2.87. The first-order valence-corrected chi connectivity index (χ1v) is 8.18. The lowest BCUT2D eigenvalue weighted by atomic mass is 10.0. The van der Waals surface area contributed by atoms with E-state index in [1.807, 2.05) is 0 Å². The molecule has 1 amide bonds. The highest BCUT2D eigenvalue weighted by Crippen LogP contribution is 2.47. The molecule has 3 rings (SSSR count). The van der Waals surface area contributed by atoms with Gasteiger partial charge in [0, 0.05) is 17.0 Å². The maximum Gasteiger partial charge on any atom is 0.211 e. The third kappa shape index (κ3) is 2.70. The van der Waals surface area contributed by atoms with Crippen molar-refractivity contribution in [2.24, 2.45) is 10.7 Å². The monoisotopic (exact) mass is 323 g/mol. The molecule has 2 aliphatic rings. The number of carbonyl (C=O) groups is 1. The zero-order valence-corrected chi connectivity index (χ0v) is 12.8. The van der Waals surface area contributed by atoms with E-state index in [-0.39, 0.29) is 22.7 Å². The van der Waals surface area contributed by atoms with Gasteiger partial charge in [0.25, 0.3) is 0 Å². The molecule has 4 N–H and O–H groups in total. The van der Waals surface area contributed by atoms with E-state index in [4.69, 9.17) is 5.73 Å². The highest BCUT2D eigenvalue weighted by atomic mass is 32.2. The second kappa shape index (κ2) is 5.89. The number of halogens is 1. The van der Waals surface area contributed by atoms with Crippen LogP contribution in [0.4, 0.5) is 10.1 Å². The van der Waals surface area contributed by atoms with Crippen LogP contribution in [0.3, 0.4) is 0 Å². The number of anilines is 1. The average molecular weight is 323 g/mol. The number of nitrogens with one attached hydrogen (secondary N) is 1. The molecule has 1 fully saturated rings. The Morgan fingerprint density at radius 1 is 1.55 bits per heavy atom. The van der Waals surface area contributed by atoms with Crippen LogP contribution in [0.15, 0.2) is 23.2 Å². The molecule has 1 heterocycles. The molecule has 0 aromatic heterocycles. The molecular formula is C15H18FN3O2S. The SMILES string of the molecule is NC1=NC(c2cc(NC=O)ccc2F)CSC12CCC(O)C2. The second-order valence-electron chi connectivity index (χ2n) is 5.73. The van der Waals surface area contributed by atoms with E-state index in [1.165, 1.54) is 12.1 Å². The third-order valence-electron chi connectivity index (χ3n) is 4.31. The van der Waals surface area contributed by atoms with Crippen molar-refractivity contribution in [3.8, 4) is 0 Å². The number of aliphatic hydroxyl groups excluding tert-OH is 1. The van der Waals surface area contributed by atoms with Crippen LogP contribution in [0.25, 0.3) is 0 Å². The number of hydrogen-bond donors (Lipinski definition) is 3. The Hall–Kier alpha value is -1.60. The van der Waals surface area contributed by atoms with Crippen LogP contribution in [-0.4, -0.2) is 34.0 Å². The molecule has 5 nitrogen and oxygen atoms in total. The molecule has 1 aliphatic carbocycles. The number of aliphatic hydroxyl groups is 1. The van der Waals surface area contributed by atoms with Crippen LogP contribution in [-0.2, 0) is 4.79 Å². The van der Waals surface area contributed by atoms with Crippen molar-refractivity contribution >= 4 is 29.7 Å². The fraction of sp³-hybridized carbons (Fsp3) is 0.467. The Bertz CT molecular complexity index is 625. The van der Waals surface area contributed by atoms with Crippen LogP contribution in [0.5, 0.6) is 0 Å². The lowest BCUT2D eigenvalue weighted by Gasteiger charge is -2.34. The summed E-state index contributed by atoms with van der Waals surface area (Å²) in [6, 6.07) is 4.04. The molecule has 0 radical (unpaired) electrons. The highest BCUT2D eigenvalue weighted by Gasteiger charge is 2.45. The molecule has 7 heteroatoms. The van der Waals surface area contributed by atoms with Crippen LogP contribution in [0.1, 0.15) is 30.9 Å². The molecule has 1 spiro atoms. The molecule has 3 unspecified atom stereocenters. The smallest absolute Gasteiger partial charge is 0.211 e. The molecule has 1 aromatic carbocycles. The molecule has 1 aromatic rings. The van der Waals surface area contributed by atoms with Gasteiger partial charge in [-0.15, -0.1) is 11.8 Å². The predicted octanol–water partition coefficient (Wildman–Crippen LogP) is 1.82. The third-order valence-corrected chi connectivity index (χ3v) is 5.92. The van der Waals surface area contributed by atoms with Gasteiger partial charge in [0.15, 0.2) is 0 Å². The first kappa shape index (κ1) is 15.3. The summed E-state index contributed by atoms with van der Waals surface area (Å²) in [4.78, 5) is 15.0. The first-order valence-electron chi connectivity index (χ1n) is 7.19. The summed E-state index contributed by atoms with van der Waals surface area (Å²) in [7, 11) is 0. The number of rotatable bonds is 3. The molecule has 1 saturated carbocycles. The van der Waals surface area contributed by atoms with Gasteiger partial charge in [-0.1, -0.05) is 0 Å². The number of thioether (sulfide) groups is 1. The molecule has 0 bridgehead atoms. The fourth-order valence-electron chi connectivity index (χ4n) is 3.10. The standard InChI is InChI=1S/C15H18FN3O2S/c16-12-2-1-9(18-8-20)5-11(12)13-7-22-15(14(17)19-13)4-3-10(21)6-15/h1-2,5,8,10,13,21H,3-4,6-7H2,(H2,17,19)(H,18,20). The Kier molecular flexibility index (Phi) is 4.10. The van der Waals surface area contributed by atoms with Gasteiger partial charge in [0.05, 0.1) is 16.9 Å². The van der Waals surface area contributed by atoms with Crippen molar-refractivity contribution in [3.05, 3.63) is 29.6 Å². The largest absolute Gasteiger partial charge is 0.393 e. The predicted molar refractivity (Wildman–Crippen MR) is 85.5 cm³/mol. The number of amides is 1. The highest BCUT2D eigenvalue weighted by molar-refractivity contribution is 8.01. The van der Waals surface area contributed by atoms with Gasteiger partial charge in [-0.3, -0.25) is 9.79 Å². The van der Waals surface area contributed by atoms with E-state index in [1.54, 1.807) is 17.8 Å². The van der Waals surface area contributed by atoms with E-state index in [2.05, 4.69) is 10.3 Å². The van der Waals surface area contributed by atoms with Crippen molar-refractivity contribution < 1.29 is 14.3 Å². The molecule has 118 valence electrons. The second-order valence-corrected chi connectivity index (χ2v) is 7.13. The van der Waals surface area contributed by atoms with E-state index >= 15 is 0 Å². The van der Waals surface area contributed by atoms with Gasteiger partial charge in [-0.05, 0) is 37.5 Å². The summed E-state index contributed by atoms with van der Waals surface area (Å²) < 4.78 is 13.8. The minimum absolute atomic E-state index is 0.301.